The smallest absolute Gasteiger partial charge is 0.115 e. The number of thioether (sulfide) groups is 1. The van der Waals surface area contributed by atoms with Gasteiger partial charge in [0.25, 0.3) is 0 Å². The number of likely N-dealkylation sites (N-methyl/N-ethyl adjacent to an activating group) is 1. The SMILES string of the molecule is CCNC(CSc1ccc(Cl)cc1)Cc1cccc(O)c1. The van der Waals surface area contributed by atoms with Gasteiger partial charge in [0.15, 0.2) is 0 Å². The molecule has 21 heavy (non-hydrogen) atoms. The third kappa shape index (κ3) is 5.62. The maximum absolute atomic E-state index is 9.55. The van der Waals surface area contributed by atoms with Gasteiger partial charge in [-0.25, -0.2) is 0 Å². The summed E-state index contributed by atoms with van der Waals surface area (Å²) in [5, 5.41) is 13.8. The fraction of sp³-hybridized carbons (Fsp3) is 0.294. The second kappa shape index (κ2) is 8.32. The van der Waals surface area contributed by atoms with Crippen LogP contribution in [0.2, 0.25) is 5.02 Å². The zero-order valence-corrected chi connectivity index (χ0v) is 13.6. The molecule has 2 aromatic rings. The van der Waals surface area contributed by atoms with E-state index in [1.54, 1.807) is 6.07 Å². The minimum Gasteiger partial charge on any atom is -0.508 e. The minimum absolute atomic E-state index is 0.327. The molecular formula is C17H20ClNOS. The Bertz CT molecular complexity index is 559. The molecule has 0 spiro atoms. The number of hydrogen-bond acceptors (Lipinski definition) is 3. The second-order valence-electron chi connectivity index (χ2n) is 4.89. The first-order chi connectivity index (χ1) is 10.2. The van der Waals surface area contributed by atoms with Crippen molar-refractivity contribution >= 4 is 23.4 Å². The topological polar surface area (TPSA) is 32.3 Å². The molecule has 1 atom stereocenters. The molecule has 0 saturated carbocycles. The van der Waals surface area contributed by atoms with Crippen LogP contribution in [0.15, 0.2) is 53.4 Å². The molecule has 2 nitrogen and oxygen atoms in total. The van der Waals surface area contributed by atoms with E-state index in [9.17, 15) is 5.11 Å². The standard InChI is InChI=1S/C17H20ClNOS/c1-2-19-15(10-13-4-3-5-16(20)11-13)12-21-17-8-6-14(18)7-9-17/h3-9,11,15,19-20H,2,10,12H2,1H3. The van der Waals surface area contributed by atoms with E-state index in [1.165, 1.54) is 4.90 Å². The Hall–Kier alpha value is -1.16. The number of nitrogens with one attached hydrogen (secondary N) is 1. The van der Waals surface area contributed by atoms with Crippen LogP contribution in [-0.2, 0) is 6.42 Å². The lowest BCUT2D eigenvalue weighted by molar-refractivity contribution is 0.473. The van der Waals surface area contributed by atoms with Crippen molar-refractivity contribution in [2.45, 2.75) is 24.3 Å². The normalized spacial score (nSPS) is 12.3. The van der Waals surface area contributed by atoms with Gasteiger partial charge in [0, 0.05) is 21.7 Å². The Morgan fingerprint density at radius 1 is 1.19 bits per heavy atom. The Kier molecular flexibility index (Phi) is 6.43. The molecule has 0 aromatic heterocycles. The maximum Gasteiger partial charge on any atom is 0.115 e. The summed E-state index contributed by atoms with van der Waals surface area (Å²) >= 11 is 7.72. The van der Waals surface area contributed by atoms with Crippen LogP contribution in [0.3, 0.4) is 0 Å². The van der Waals surface area contributed by atoms with Gasteiger partial charge in [0.05, 0.1) is 0 Å². The van der Waals surface area contributed by atoms with Crippen molar-refractivity contribution in [3.05, 3.63) is 59.1 Å². The number of phenolic OH excluding ortho intramolecular Hbond substituents is 1. The molecule has 0 fully saturated rings. The van der Waals surface area contributed by atoms with Crippen LogP contribution in [0.25, 0.3) is 0 Å². The van der Waals surface area contributed by atoms with Gasteiger partial charge < -0.3 is 10.4 Å². The Morgan fingerprint density at radius 3 is 2.62 bits per heavy atom. The molecular weight excluding hydrogens is 302 g/mol. The highest BCUT2D eigenvalue weighted by molar-refractivity contribution is 7.99. The van der Waals surface area contributed by atoms with Gasteiger partial charge in [-0.3, -0.25) is 0 Å². The summed E-state index contributed by atoms with van der Waals surface area (Å²) in [6.45, 7) is 3.05. The zero-order chi connectivity index (χ0) is 15.1. The van der Waals surface area contributed by atoms with E-state index in [0.29, 0.717) is 11.8 Å². The van der Waals surface area contributed by atoms with Crippen molar-refractivity contribution in [3.8, 4) is 5.75 Å². The predicted molar refractivity (Wildman–Crippen MR) is 91.5 cm³/mol. The molecule has 1 unspecified atom stereocenters. The number of hydrogen-bond donors (Lipinski definition) is 2. The molecule has 0 heterocycles. The van der Waals surface area contributed by atoms with Crippen molar-refractivity contribution in [1.82, 2.24) is 5.32 Å². The highest BCUT2D eigenvalue weighted by Gasteiger charge is 2.09. The quantitative estimate of drug-likeness (QED) is 0.743. The molecule has 4 heteroatoms. The average molecular weight is 322 g/mol. The molecule has 0 aliphatic carbocycles. The molecule has 2 N–H and O–H groups in total. The summed E-state index contributed by atoms with van der Waals surface area (Å²) in [6, 6.07) is 15.8. The molecule has 0 aliphatic rings. The summed E-state index contributed by atoms with van der Waals surface area (Å²) in [5.74, 6) is 1.30. The number of halogens is 1. The van der Waals surface area contributed by atoms with E-state index in [2.05, 4.69) is 18.3 Å². The van der Waals surface area contributed by atoms with Gasteiger partial charge >= 0.3 is 0 Å². The lowest BCUT2D eigenvalue weighted by Crippen LogP contribution is -2.33. The van der Waals surface area contributed by atoms with E-state index in [1.807, 2.05) is 48.2 Å². The molecule has 0 radical (unpaired) electrons. The van der Waals surface area contributed by atoms with E-state index < -0.39 is 0 Å². The van der Waals surface area contributed by atoms with E-state index in [-0.39, 0.29) is 0 Å². The van der Waals surface area contributed by atoms with Crippen LogP contribution in [0, 0.1) is 0 Å². The van der Waals surface area contributed by atoms with Gasteiger partial charge in [-0.15, -0.1) is 11.8 Å². The second-order valence-corrected chi connectivity index (χ2v) is 6.42. The molecule has 2 rings (SSSR count). The van der Waals surface area contributed by atoms with Crippen LogP contribution >= 0.6 is 23.4 Å². The largest absolute Gasteiger partial charge is 0.508 e. The number of rotatable bonds is 7. The van der Waals surface area contributed by atoms with Gasteiger partial charge in [-0.05, 0) is 54.9 Å². The summed E-state index contributed by atoms with van der Waals surface area (Å²) in [5.41, 5.74) is 1.15. The van der Waals surface area contributed by atoms with Gasteiger partial charge in [0.1, 0.15) is 5.75 Å². The highest BCUT2D eigenvalue weighted by atomic mass is 35.5. The lowest BCUT2D eigenvalue weighted by Gasteiger charge is -2.18. The monoisotopic (exact) mass is 321 g/mol. The minimum atomic E-state index is 0.327. The van der Waals surface area contributed by atoms with E-state index in [0.717, 1.165) is 29.3 Å². The van der Waals surface area contributed by atoms with Crippen molar-refractivity contribution in [1.29, 1.82) is 0 Å². The predicted octanol–water partition coefficient (Wildman–Crippen LogP) is 4.36. The lowest BCUT2D eigenvalue weighted by atomic mass is 10.1. The Labute approximate surface area is 135 Å². The first kappa shape index (κ1) is 16.2. The van der Waals surface area contributed by atoms with Gasteiger partial charge in [-0.1, -0.05) is 30.7 Å². The molecule has 0 amide bonds. The number of phenols is 1. The fourth-order valence-corrected chi connectivity index (χ4v) is 3.26. The van der Waals surface area contributed by atoms with Crippen LogP contribution in [0.1, 0.15) is 12.5 Å². The summed E-state index contributed by atoms with van der Waals surface area (Å²) in [7, 11) is 0. The van der Waals surface area contributed by atoms with Crippen LogP contribution in [-0.4, -0.2) is 23.4 Å². The van der Waals surface area contributed by atoms with Crippen molar-refractivity contribution < 1.29 is 5.11 Å². The van der Waals surface area contributed by atoms with Crippen molar-refractivity contribution in [3.63, 3.8) is 0 Å². The van der Waals surface area contributed by atoms with Crippen molar-refractivity contribution in [2.24, 2.45) is 0 Å². The van der Waals surface area contributed by atoms with Crippen LogP contribution < -0.4 is 5.32 Å². The Balaban J connectivity index is 1.93. The average Bonchev–Trinajstić information content (AvgIpc) is 2.47. The van der Waals surface area contributed by atoms with E-state index >= 15 is 0 Å². The third-order valence-electron chi connectivity index (χ3n) is 3.15. The summed E-state index contributed by atoms with van der Waals surface area (Å²) in [6.07, 6.45) is 0.906. The maximum atomic E-state index is 9.55. The van der Waals surface area contributed by atoms with E-state index in [4.69, 9.17) is 11.6 Å². The number of aromatic hydroxyl groups is 1. The first-order valence-electron chi connectivity index (χ1n) is 7.07. The van der Waals surface area contributed by atoms with Gasteiger partial charge in [0.2, 0.25) is 0 Å². The highest BCUT2D eigenvalue weighted by Crippen LogP contribution is 2.22. The van der Waals surface area contributed by atoms with Gasteiger partial charge in [-0.2, -0.15) is 0 Å². The summed E-state index contributed by atoms with van der Waals surface area (Å²) in [4.78, 5) is 1.22. The zero-order valence-electron chi connectivity index (χ0n) is 12.1. The summed E-state index contributed by atoms with van der Waals surface area (Å²) < 4.78 is 0. The molecule has 0 bridgehead atoms. The van der Waals surface area contributed by atoms with Crippen LogP contribution in [0.5, 0.6) is 5.75 Å². The first-order valence-corrected chi connectivity index (χ1v) is 8.43. The molecule has 112 valence electrons. The third-order valence-corrected chi connectivity index (χ3v) is 4.58. The fourth-order valence-electron chi connectivity index (χ4n) is 2.17. The molecule has 0 aliphatic heterocycles. The number of benzene rings is 2. The molecule has 0 saturated heterocycles. The van der Waals surface area contributed by atoms with Crippen LogP contribution in [0.4, 0.5) is 0 Å². The molecule has 2 aromatic carbocycles. The van der Waals surface area contributed by atoms with Crippen molar-refractivity contribution in [2.75, 3.05) is 12.3 Å². The Morgan fingerprint density at radius 2 is 1.95 bits per heavy atom.